The number of carbonyl (C=O) groups excluding carboxylic acids is 1. The molecule has 0 radical (unpaired) electrons. The van der Waals surface area contributed by atoms with Gasteiger partial charge in [-0.3, -0.25) is 4.68 Å². The fraction of sp³-hybridized carbons (Fsp3) is 0.217. The number of ether oxygens (including phenoxy) is 2. The zero-order chi connectivity index (χ0) is 20.8. The molecule has 0 aliphatic rings. The van der Waals surface area contributed by atoms with Gasteiger partial charge < -0.3 is 9.47 Å². The number of esters is 1. The van der Waals surface area contributed by atoms with Gasteiger partial charge >= 0.3 is 5.97 Å². The summed E-state index contributed by atoms with van der Waals surface area (Å²) in [5.74, 6) is 0.359. The van der Waals surface area contributed by atoms with Crippen molar-refractivity contribution in [2.75, 3.05) is 7.11 Å². The van der Waals surface area contributed by atoms with E-state index in [1.54, 1.807) is 13.2 Å². The number of benzene rings is 2. The standard InChI is InChI=1S/C23H23ClN2O3/c1-16-21(17(2)26(25-16)14-19-6-4-5-7-22(19)24)12-13-23(27)29-15-18-8-10-20(28-3)11-9-18/h4-13H,14-15H2,1-3H3/b13-12+. The number of hydrogen-bond donors (Lipinski definition) is 0. The molecule has 2 aromatic carbocycles. The molecule has 3 rings (SSSR count). The molecule has 6 heteroatoms. The molecular weight excluding hydrogens is 388 g/mol. The third-order valence-corrected chi connectivity index (χ3v) is 5.01. The lowest BCUT2D eigenvalue weighted by atomic mass is 10.1. The van der Waals surface area contributed by atoms with Gasteiger partial charge in [0.2, 0.25) is 0 Å². The molecule has 0 bridgehead atoms. The Balaban J connectivity index is 1.64. The first kappa shape index (κ1) is 20.7. The Bertz CT molecular complexity index is 1020. The van der Waals surface area contributed by atoms with Gasteiger partial charge in [-0.2, -0.15) is 5.10 Å². The molecule has 1 heterocycles. The van der Waals surface area contributed by atoms with Gasteiger partial charge in [0.25, 0.3) is 0 Å². The van der Waals surface area contributed by atoms with Crippen LogP contribution in [0.5, 0.6) is 5.75 Å². The van der Waals surface area contributed by atoms with Crippen molar-refractivity contribution in [3.63, 3.8) is 0 Å². The number of halogens is 1. The third-order valence-electron chi connectivity index (χ3n) is 4.64. The molecule has 1 aromatic heterocycles. The normalized spacial score (nSPS) is 11.0. The van der Waals surface area contributed by atoms with Crippen LogP contribution in [0.2, 0.25) is 5.02 Å². The lowest BCUT2D eigenvalue weighted by molar-refractivity contribution is -0.138. The van der Waals surface area contributed by atoms with E-state index in [2.05, 4.69) is 5.10 Å². The molecule has 5 nitrogen and oxygen atoms in total. The van der Waals surface area contributed by atoms with Crippen LogP contribution in [0.25, 0.3) is 6.08 Å². The van der Waals surface area contributed by atoms with Crippen molar-refractivity contribution in [3.05, 3.63) is 87.7 Å². The van der Waals surface area contributed by atoms with Crippen LogP contribution in [-0.2, 0) is 22.7 Å². The number of carbonyl (C=O) groups is 1. The molecule has 29 heavy (non-hydrogen) atoms. The Morgan fingerprint density at radius 3 is 2.55 bits per heavy atom. The number of aromatic nitrogens is 2. The van der Waals surface area contributed by atoms with Gasteiger partial charge in [0.05, 0.1) is 19.3 Å². The summed E-state index contributed by atoms with van der Waals surface area (Å²) in [4.78, 5) is 12.1. The van der Waals surface area contributed by atoms with Gasteiger partial charge in [-0.15, -0.1) is 0 Å². The SMILES string of the molecule is COc1ccc(COC(=O)/C=C/c2c(C)nn(Cc3ccccc3Cl)c2C)cc1. The molecule has 0 spiro atoms. The van der Waals surface area contributed by atoms with Gasteiger partial charge in [0.15, 0.2) is 0 Å². The monoisotopic (exact) mass is 410 g/mol. The molecule has 0 aliphatic heterocycles. The van der Waals surface area contributed by atoms with E-state index in [-0.39, 0.29) is 6.61 Å². The van der Waals surface area contributed by atoms with E-state index in [0.717, 1.165) is 33.8 Å². The Morgan fingerprint density at radius 1 is 1.14 bits per heavy atom. The lowest BCUT2D eigenvalue weighted by Gasteiger charge is -2.06. The van der Waals surface area contributed by atoms with Crippen molar-refractivity contribution in [1.29, 1.82) is 0 Å². The Hall–Kier alpha value is -3.05. The van der Waals surface area contributed by atoms with E-state index < -0.39 is 5.97 Å². The van der Waals surface area contributed by atoms with E-state index >= 15 is 0 Å². The van der Waals surface area contributed by atoms with Crippen LogP contribution in [0.3, 0.4) is 0 Å². The summed E-state index contributed by atoms with van der Waals surface area (Å²) in [5, 5.41) is 5.28. The fourth-order valence-electron chi connectivity index (χ4n) is 2.97. The van der Waals surface area contributed by atoms with Gasteiger partial charge in [0, 0.05) is 22.4 Å². The quantitative estimate of drug-likeness (QED) is 0.407. The topological polar surface area (TPSA) is 53.4 Å². The maximum Gasteiger partial charge on any atom is 0.331 e. The van der Waals surface area contributed by atoms with Crippen LogP contribution < -0.4 is 4.74 Å². The fourth-order valence-corrected chi connectivity index (χ4v) is 3.17. The zero-order valence-electron chi connectivity index (χ0n) is 16.7. The summed E-state index contributed by atoms with van der Waals surface area (Å²) in [6.07, 6.45) is 3.18. The van der Waals surface area contributed by atoms with Gasteiger partial charge in [0.1, 0.15) is 12.4 Å². The molecule has 0 atom stereocenters. The van der Waals surface area contributed by atoms with Gasteiger partial charge in [-0.1, -0.05) is 41.9 Å². The van der Waals surface area contributed by atoms with Crippen molar-refractivity contribution >= 4 is 23.6 Å². The second kappa shape index (κ2) is 9.43. The first-order chi connectivity index (χ1) is 14.0. The molecule has 0 saturated carbocycles. The average molecular weight is 411 g/mol. The largest absolute Gasteiger partial charge is 0.497 e. The summed E-state index contributed by atoms with van der Waals surface area (Å²) in [5.41, 5.74) is 4.59. The maximum atomic E-state index is 12.1. The number of aryl methyl sites for hydroxylation is 1. The van der Waals surface area contributed by atoms with E-state index in [4.69, 9.17) is 21.1 Å². The van der Waals surface area contributed by atoms with E-state index in [1.165, 1.54) is 6.08 Å². The lowest BCUT2D eigenvalue weighted by Crippen LogP contribution is -2.04. The highest BCUT2D eigenvalue weighted by Crippen LogP contribution is 2.20. The predicted octanol–water partition coefficient (Wildman–Crippen LogP) is 4.97. The summed E-state index contributed by atoms with van der Waals surface area (Å²) < 4.78 is 12.3. The molecule has 0 unspecified atom stereocenters. The summed E-state index contributed by atoms with van der Waals surface area (Å²) in [7, 11) is 1.61. The first-order valence-electron chi connectivity index (χ1n) is 9.23. The maximum absolute atomic E-state index is 12.1. The summed E-state index contributed by atoms with van der Waals surface area (Å²) in [6.45, 7) is 4.66. The smallest absolute Gasteiger partial charge is 0.331 e. The van der Waals surface area contributed by atoms with E-state index in [1.807, 2.05) is 67.1 Å². The van der Waals surface area contributed by atoms with Gasteiger partial charge in [-0.25, -0.2) is 4.79 Å². The van der Waals surface area contributed by atoms with Crippen molar-refractivity contribution in [3.8, 4) is 5.75 Å². The zero-order valence-corrected chi connectivity index (χ0v) is 17.4. The molecule has 0 saturated heterocycles. The predicted molar refractivity (Wildman–Crippen MR) is 114 cm³/mol. The highest BCUT2D eigenvalue weighted by Gasteiger charge is 2.11. The van der Waals surface area contributed by atoms with Crippen LogP contribution in [0, 0.1) is 13.8 Å². The van der Waals surface area contributed by atoms with Crippen LogP contribution in [-0.4, -0.2) is 22.9 Å². The summed E-state index contributed by atoms with van der Waals surface area (Å²) in [6, 6.07) is 15.1. The minimum Gasteiger partial charge on any atom is -0.497 e. The van der Waals surface area contributed by atoms with Crippen molar-refractivity contribution in [1.82, 2.24) is 9.78 Å². The molecule has 3 aromatic rings. The summed E-state index contributed by atoms with van der Waals surface area (Å²) >= 11 is 6.25. The third kappa shape index (κ3) is 5.27. The van der Waals surface area contributed by atoms with Crippen molar-refractivity contribution < 1.29 is 14.3 Å². The second-order valence-electron chi connectivity index (χ2n) is 6.62. The number of methoxy groups -OCH3 is 1. The minimum absolute atomic E-state index is 0.205. The molecular formula is C23H23ClN2O3. The van der Waals surface area contributed by atoms with Crippen LogP contribution in [0.4, 0.5) is 0 Å². The molecule has 0 fully saturated rings. The van der Waals surface area contributed by atoms with Crippen LogP contribution in [0.15, 0.2) is 54.6 Å². The van der Waals surface area contributed by atoms with Crippen molar-refractivity contribution in [2.24, 2.45) is 0 Å². The first-order valence-corrected chi connectivity index (χ1v) is 9.61. The molecule has 0 N–H and O–H groups in total. The number of hydrogen-bond acceptors (Lipinski definition) is 4. The Morgan fingerprint density at radius 2 is 1.86 bits per heavy atom. The Labute approximate surface area is 175 Å². The minimum atomic E-state index is -0.404. The van der Waals surface area contributed by atoms with Gasteiger partial charge in [-0.05, 0) is 49.2 Å². The highest BCUT2D eigenvalue weighted by molar-refractivity contribution is 6.31. The van der Waals surface area contributed by atoms with E-state index in [0.29, 0.717) is 11.6 Å². The van der Waals surface area contributed by atoms with E-state index in [9.17, 15) is 4.79 Å². The number of rotatable bonds is 7. The Kier molecular flexibility index (Phi) is 6.73. The van der Waals surface area contributed by atoms with Crippen LogP contribution in [0.1, 0.15) is 28.1 Å². The average Bonchev–Trinajstić information content (AvgIpc) is 2.99. The molecule has 150 valence electrons. The van der Waals surface area contributed by atoms with Crippen molar-refractivity contribution in [2.45, 2.75) is 27.0 Å². The number of nitrogens with zero attached hydrogens (tertiary/aromatic N) is 2. The molecule has 0 aliphatic carbocycles. The second-order valence-corrected chi connectivity index (χ2v) is 7.03. The van der Waals surface area contributed by atoms with Crippen LogP contribution >= 0.6 is 11.6 Å². The molecule has 0 amide bonds. The highest BCUT2D eigenvalue weighted by atomic mass is 35.5.